The van der Waals surface area contributed by atoms with E-state index in [0.717, 1.165) is 13.0 Å². The molecule has 1 aromatic carbocycles. The van der Waals surface area contributed by atoms with E-state index in [2.05, 4.69) is 17.6 Å². The molecule has 1 amide bonds. The third-order valence-corrected chi connectivity index (χ3v) is 2.54. The number of nitrogens with one attached hydrogen (secondary N) is 2. The summed E-state index contributed by atoms with van der Waals surface area (Å²) in [5.41, 5.74) is 0. The van der Waals surface area contributed by atoms with Gasteiger partial charge < -0.3 is 15.4 Å². The van der Waals surface area contributed by atoms with E-state index < -0.39 is 11.9 Å². The Balaban J connectivity index is 0.00000361. The van der Waals surface area contributed by atoms with E-state index in [-0.39, 0.29) is 24.1 Å². The topological polar surface area (TPSA) is 50.4 Å². The fraction of sp³-hybridized carbons (Fsp3) is 0.500. The summed E-state index contributed by atoms with van der Waals surface area (Å²) in [7, 11) is 0. The van der Waals surface area contributed by atoms with E-state index in [1.54, 1.807) is 19.1 Å². The second-order valence-corrected chi connectivity index (χ2v) is 4.23. The molecule has 4 nitrogen and oxygen atoms in total. The maximum atomic E-state index is 13.3. The molecule has 114 valence electrons. The molecule has 0 fully saturated rings. The molecular formula is C14H22ClFN2O2. The van der Waals surface area contributed by atoms with Gasteiger partial charge in [0.15, 0.2) is 17.7 Å². The van der Waals surface area contributed by atoms with Crippen LogP contribution in [-0.2, 0) is 4.79 Å². The number of carbonyl (C=O) groups is 1. The highest BCUT2D eigenvalue weighted by Crippen LogP contribution is 2.16. The van der Waals surface area contributed by atoms with Crippen LogP contribution in [0.15, 0.2) is 24.3 Å². The molecule has 1 atom stereocenters. The Morgan fingerprint density at radius 2 is 2.00 bits per heavy atom. The zero-order valence-electron chi connectivity index (χ0n) is 11.8. The van der Waals surface area contributed by atoms with Crippen molar-refractivity contribution in [3.05, 3.63) is 30.1 Å². The summed E-state index contributed by atoms with van der Waals surface area (Å²) in [4.78, 5) is 11.7. The van der Waals surface area contributed by atoms with Crippen molar-refractivity contribution < 1.29 is 13.9 Å². The molecule has 0 aliphatic heterocycles. The second kappa shape index (κ2) is 10.5. The number of hydrogen-bond donors (Lipinski definition) is 2. The molecule has 2 N–H and O–H groups in total. The van der Waals surface area contributed by atoms with Gasteiger partial charge in [0.1, 0.15) is 0 Å². The van der Waals surface area contributed by atoms with Crippen LogP contribution in [0, 0.1) is 5.82 Å². The van der Waals surface area contributed by atoms with Crippen molar-refractivity contribution in [3.63, 3.8) is 0 Å². The van der Waals surface area contributed by atoms with E-state index in [1.165, 1.54) is 12.1 Å². The normalized spacial score (nSPS) is 11.3. The van der Waals surface area contributed by atoms with Crippen molar-refractivity contribution in [2.45, 2.75) is 26.4 Å². The van der Waals surface area contributed by atoms with E-state index in [4.69, 9.17) is 4.74 Å². The SMILES string of the molecule is CCCNCCNC(=O)C(C)Oc1ccccc1F.Cl. The summed E-state index contributed by atoms with van der Waals surface area (Å²) in [6.45, 7) is 5.85. The lowest BCUT2D eigenvalue weighted by Crippen LogP contribution is -2.39. The first-order valence-electron chi connectivity index (χ1n) is 6.54. The quantitative estimate of drug-likeness (QED) is 0.723. The van der Waals surface area contributed by atoms with Gasteiger partial charge in [-0.05, 0) is 32.0 Å². The lowest BCUT2D eigenvalue weighted by Gasteiger charge is -2.15. The van der Waals surface area contributed by atoms with Crippen LogP contribution in [-0.4, -0.2) is 31.6 Å². The number of amides is 1. The van der Waals surface area contributed by atoms with E-state index in [1.807, 2.05) is 0 Å². The summed E-state index contributed by atoms with van der Waals surface area (Å²) >= 11 is 0. The maximum Gasteiger partial charge on any atom is 0.260 e. The Labute approximate surface area is 125 Å². The van der Waals surface area contributed by atoms with Gasteiger partial charge in [0.25, 0.3) is 5.91 Å². The minimum atomic E-state index is -0.719. The first kappa shape index (κ1) is 18.7. The van der Waals surface area contributed by atoms with E-state index in [0.29, 0.717) is 13.1 Å². The minimum Gasteiger partial charge on any atom is -0.478 e. The third-order valence-electron chi connectivity index (χ3n) is 2.54. The predicted octanol–water partition coefficient (Wildman–Crippen LogP) is 2.13. The minimum absolute atomic E-state index is 0. The van der Waals surface area contributed by atoms with Crippen molar-refractivity contribution in [3.8, 4) is 5.75 Å². The predicted molar refractivity (Wildman–Crippen MR) is 79.9 cm³/mol. The van der Waals surface area contributed by atoms with Crippen LogP contribution in [0.3, 0.4) is 0 Å². The van der Waals surface area contributed by atoms with Gasteiger partial charge in [0.05, 0.1) is 0 Å². The third kappa shape index (κ3) is 6.73. The summed E-state index contributed by atoms with van der Waals surface area (Å²) < 4.78 is 18.6. The Bertz CT molecular complexity index is 405. The summed E-state index contributed by atoms with van der Waals surface area (Å²) in [5.74, 6) is -0.623. The molecule has 1 unspecified atom stereocenters. The molecule has 0 saturated heterocycles. The molecule has 0 aromatic heterocycles. The Kier molecular flexibility index (Phi) is 9.76. The number of ether oxygens (including phenoxy) is 1. The fourth-order valence-corrected chi connectivity index (χ4v) is 1.50. The molecule has 0 saturated carbocycles. The maximum absolute atomic E-state index is 13.3. The molecule has 6 heteroatoms. The molecule has 0 heterocycles. The number of hydrogen-bond acceptors (Lipinski definition) is 3. The highest BCUT2D eigenvalue weighted by molar-refractivity contribution is 5.85. The molecule has 0 aliphatic rings. The monoisotopic (exact) mass is 304 g/mol. The van der Waals surface area contributed by atoms with Crippen LogP contribution in [0.1, 0.15) is 20.3 Å². The Hall–Kier alpha value is -1.33. The second-order valence-electron chi connectivity index (χ2n) is 4.23. The van der Waals surface area contributed by atoms with Crippen LogP contribution in [0.4, 0.5) is 4.39 Å². The molecule has 0 spiro atoms. The molecule has 1 aromatic rings. The highest BCUT2D eigenvalue weighted by atomic mass is 35.5. The lowest BCUT2D eigenvalue weighted by molar-refractivity contribution is -0.127. The van der Waals surface area contributed by atoms with Crippen molar-refractivity contribution >= 4 is 18.3 Å². The summed E-state index contributed by atoms with van der Waals surface area (Å²) in [6, 6.07) is 6.04. The standard InChI is InChI=1S/C14H21FN2O2.ClH/c1-3-8-16-9-10-17-14(18)11(2)19-13-7-5-4-6-12(13)15;/h4-7,11,16H,3,8-10H2,1-2H3,(H,17,18);1H. The van der Waals surface area contributed by atoms with Gasteiger partial charge in [-0.25, -0.2) is 4.39 Å². The molecule has 0 radical (unpaired) electrons. The van der Waals surface area contributed by atoms with Gasteiger partial charge in [-0.1, -0.05) is 19.1 Å². The van der Waals surface area contributed by atoms with Gasteiger partial charge >= 0.3 is 0 Å². The molecule has 1 rings (SSSR count). The Morgan fingerprint density at radius 3 is 2.65 bits per heavy atom. The molecule has 0 bridgehead atoms. The average molecular weight is 305 g/mol. The van der Waals surface area contributed by atoms with E-state index >= 15 is 0 Å². The zero-order valence-corrected chi connectivity index (χ0v) is 12.6. The Morgan fingerprint density at radius 1 is 1.30 bits per heavy atom. The average Bonchev–Trinajstić information content (AvgIpc) is 2.41. The number of halogens is 2. The van der Waals surface area contributed by atoms with Crippen molar-refractivity contribution in [2.24, 2.45) is 0 Å². The zero-order chi connectivity index (χ0) is 14.1. The number of rotatable bonds is 8. The van der Waals surface area contributed by atoms with Crippen LogP contribution in [0.5, 0.6) is 5.75 Å². The number of para-hydroxylation sites is 1. The fourth-order valence-electron chi connectivity index (χ4n) is 1.50. The van der Waals surface area contributed by atoms with Crippen LogP contribution < -0.4 is 15.4 Å². The van der Waals surface area contributed by atoms with Gasteiger partial charge in [-0.3, -0.25) is 4.79 Å². The smallest absolute Gasteiger partial charge is 0.260 e. The first-order chi connectivity index (χ1) is 9.15. The van der Waals surface area contributed by atoms with E-state index in [9.17, 15) is 9.18 Å². The van der Waals surface area contributed by atoms with Gasteiger partial charge in [-0.15, -0.1) is 12.4 Å². The van der Waals surface area contributed by atoms with Gasteiger partial charge in [0.2, 0.25) is 0 Å². The molecular weight excluding hydrogens is 283 g/mol. The molecule has 20 heavy (non-hydrogen) atoms. The highest BCUT2D eigenvalue weighted by Gasteiger charge is 2.15. The number of carbonyl (C=O) groups excluding carboxylic acids is 1. The summed E-state index contributed by atoms with van der Waals surface area (Å²) in [6.07, 6.45) is 0.337. The first-order valence-corrected chi connectivity index (χ1v) is 6.54. The van der Waals surface area contributed by atoms with Crippen molar-refractivity contribution in [2.75, 3.05) is 19.6 Å². The van der Waals surface area contributed by atoms with Crippen molar-refractivity contribution in [1.29, 1.82) is 0 Å². The van der Waals surface area contributed by atoms with Crippen LogP contribution in [0.2, 0.25) is 0 Å². The van der Waals surface area contributed by atoms with Crippen LogP contribution >= 0.6 is 12.4 Å². The molecule has 0 aliphatic carbocycles. The summed E-state index contributed by atoms with van der Waals surface area (Å²) in [5, 5.41) is 5.90. The van der Waals surface area contributed by atoms with Crippen LogP contribution in [0.25, 0.3) is 0 Å². The van der Waals surface area contributed by atoms with Gasteiger partial charge in [0, 0.05) is 13.1 Å². The van der Waals surface area contributed by atoms with Gasteiger partial charge in [-0.2, -0.15) is 0 Å². The van der Waals surface area contributed by atoms with Crippen molar-refractivity contribution in [1.82, 2.24) is 10.6 Å². The number of benzene rings is 1. The largest absolute Gasteiger partial charge is 0.478 e. The lowest BCUT2D eigenvalue weighted by atomic mass is 10.3.